The molecule has 0 radical (unpaired) electrons. The number of hydrogen-bond acceptors (Lipinski definition) is 6. The van der Waals surface area contributed by atoms with Gasteiger partial charge in [0.1, 0.15) is 4.90 Å². The highest BCUT2D eigenvalue weighted by Gasteiger charge is 2.36. The molecule has 1 atom stereocenters. The van der Waals surface area contributed by atoms with E-state index < -0.39 is 9.84 Å². The van der Waals surface area contributed by atoms with Gasteiger partial charge < -0.3 is 14.8 Å². The number of benzene rings is 2. The van der Waals surface area contributed by atoms with Crippen LogP contribution in [0.3, 0.4) is 0 Å². The minimum atomic E-state index is -3.83. The Bertz CT molecular complexity index is 1220. The number of para-hydroxylation sites is 1. The molecule has 4 rings (SSSR count). The summed E-state index contributed by atoms with van der Waals surface area (Å²) in [5, 5.41) is 4.77. The first-order valence-corrected chi connectivity index (χ1v) is 11.7. The van der Waals surface area contributed by atoms with E-state index in [4.69, 9.17) is 21.1 Å². The topological polar surface area (TPSA) is 81.7 Å². The standard InChI is InChI=1S/C21H18ClNO5S2/c1-27-16-5-3-4-14(20(16)28-2)15-10-18(24)23-19-17(11-29-21(15)19)30(25,26)13-8-6-12(22)7-9-13/h3-9,11,15H,10H2,1-2H3,(H,23,24)/t15-/m1/s1. The predicted octanol–water partition coefficient (Wildman–Crippen LogP) is 4.73. The molecule has 1 aromatic heterocycles. The van der Waals surface area contributed by atoms with Crippen molar-refractivity contribution in [3.05, 3.63) is 63.3 Å². The summed E-state index contributed by atoms with van der Waals surface area (Å²) in [4.78, 5) is 13.5. The Kier molecular flexibility index (Phi) is 5.48. The van der Waals surface area contributed by atoms with Crippen LogP contribution in [0.2, 0.25) is 5.02 Å². The largest absolute Gasteiger partial charge is 0.493 e. The fraction of sp³-hybridized carbons (Fsp3) is 0.190. The SMILES string of the molecule is COc1cccc([C@H]2CC(=O)Nc3c(S(=O)(=O)c4ccc(Cl)cc4)csc32)c1OC. The van der Waals surface area contributed by atoms with Crippen LogP contribution in [-0.2, 0) is 14.6 Å². The van der Waals surface area contributed by atoms with Crippen molar-refractivity contribution < 1.29 is 22.7 Å². The van der Waals surface area contributed by atoms with E-state index in [0.29, 0.717) is 22.2 Å². The number of hydrogen-bond donors (Lipinski definition) is 1. The fourth-order valence-electron chi connectivity index (χ4n) is 3.58. The molecule has 30 heavy (non-hydrogen) atoms. The number of fused-ring (bicyclic) bond motifs is 1. The van der Waals surface area contributed by atoms with E-state index in [-0.39, 0.29) is 28.0 Å². The molecule has 0 fully saturated rings. The first-order valence-electron chi connectivity index (χ1n) is 8.99. The molecule has 1 N–H and O–H groups in total. The number of thiophene rings is 1. The van der Waals surface area contributed by atoms with E-state index in [1.807, 2.05) is 12.1 Å². The first kappa shape index (κ1) is 20.7. The Morgan fingerprint density at radius 3 is 2.50 bits per heavy atom. The number of carbonyl (C=O) groups excluding carboxylic acids is 1. The van der Waals surface area contributed by atoms with Gasteiger partial charge >= 0.3 is 0 Å². The number of methoxy groups -OCH3 is 2. The number of carbonyl (C=O) groups is 1. The lowest BCUT2D eigenvalue weighted by molar-refractivity contribution is -0.116. The van der Waals surface area contributed by atoms with E-state index in [9.17, 15) is 13.2 Å². The Morgan fingerprint density at radius 1 is 1.10 bits per heavy atom. The third kappa shape index (κ3) is 3.45. The molecule has 1 amide bonds. The number of halogens is 1. The maximum Gasteiger partial charge on any atom is 0.225 e. The summed E-state index contributed by atoms with van der Waals surface area (Å²) in [7, 11) is -0.748. The summed E-state index contributed by atoms with van der Waals surface area (Å²) < 4.78 is 37.4. The van der Waals surface area contributed by atoms with Crippen LogP contribution in [0, 0.1) is 0 Å². The number of rotatable bonds is 5. The molecule has 0 saturated heterocycles. The van der Waals surface area contributed by atoms with Crippen LogP contribution in [0.1, 0.15) is 22.8 Å². The molecule has 9 heteroatoms. The van der Waals surface area contributed by atoms with Crippen LogP contribution in [0.4, 0.5) is 5.69 Å². The van der Waals surface area contributed by atoms with Gasteiger partial charge in [-0.1, -0.05) is 23.7 Å². The minimum absolute atomic E-state index is 0.0738. The molecule has 0 spiro atoms. The van der Waals surface area contributed by atoms with Gasteiger partial charge in [-0.15, -0.1) is 11.3 Å². The Labute approximate surface area is 183 Å². The Morgan fingerprint density at radius 2 is 1.83 bits per heavy atom. The smallest absolute Gasteiger partial charge is 0.225 e. The van der Waals surface area contributed by atoms with Crippen LogP contribution in [0.25, 0.3) is 0 Å². The number of amides is 1. The second-order valence-corrected chi connectivity index (χ2v) is 9.95. The lowest BCUT2D eigenvalue weighted by Crippen LogP contribution is -2.23. The molecule has 0 unspecified atom stereocenters. The summed E-state index contributed by atoms with van der Waals surface area (Å²) in [5.74, 6) is 0.468. The van der Waals surface area contributed by atoms with Gasteiger partial charge in [0, 0.05) is 33.2 Å². The average molecular weight is 464 g/mol. The predicted molar refractivity (Wildman–Crippen MR) is 116 cm³/mol. The molecule has 0 aliphatic carbocycles. The van der Waals surface area contributed by atoms with Gasteiger partial charge in [0.05, 0.1) is 24.8 Å². The lowest BCUT2D eigenvalue weighted by atomic mass is 9.89. The first-order chi connectivity index (χ1) is 14.4. The van der Waals surface area contributed by atoms with Crippen molar-refractivity contribution in [3.8, 4) is 11.5 Å². The molecular weight excluding hydrogens is 446 g/mol. The highest BCUT2D eigenvalue weighted by atomic mass is 35.5. The van der Waals surface area contributed by atoms with E-state index in [1.165, 1.54) is 42.7 Å². The molecule has 3 aromatic rings. The van der Waals surface area contributed by atoms with Gasteiger partial charge in [-0.3, -0.25) is 4.79 Å². The van der Waals surface area contributed by atoms with Crippen molar-refractivity contribution in [3.63, 3.8) is 0 Å². The zero-order valence-electron chi connectivity index (χ0n) is 16.1. The third-order valence-corrected chi connectivity index (χ3v) is 8.27. The molecule has 6 nitrogen and oxygen atoms in total. The van der Waals surface area contributed by atoms with E-state index in [0.717, 1.165) is 10.4 Å². The quantitative estimate of drug-likeness (QED) is 0.591. The Hall–Kier alpha value is -2.55. The van der Waals surface area contributed by atoms with Gasteiger partial charge in [0.25, 0.3) is 0 Å². The van der Waals surface area contributed by atoms with Crippen molar-refractivity contribution in [2.45, 2.75) is 22.1 Å². The number of ether oxygens (including phenoxy) is 2. The maximum atomic E-state index is 13.2. The minimum Gasteiger partial charge on any atom is -0.493 e. The van der Waals surface area contributed by atoms with E-state index >= 15 is 0 Å². The normalized spacial score (nSPS) is 16.0. The summed E-state index contributed by atoms with van der Waals surface area (Å²) in [5.41, 5.74) is 1.09. The highest BCUT2D eigenvalue weighted by molar-refractivity contribution is 7.91. The second kappa shape index (κ2) is 7.94. The maximum absolute atomic E-state index is 13.2. The molecule has 0 bridgehead atoms. The summed E-state index contributed by atoms with van der Waals surface area (Å²) in [6, 6.07) is 11.4. The number of anilines is 1. The lowest BCUT2D eigenvalue weighted by Gasteiger charge is -2.25. The van der Waals surface area contributed by atoms with Gasteiger partial charge in [0.15, 0.2) is 11.5 Å². The third-order valence-electron chi connectivity index (χ3n) is 4.98. The van der Waals surface area contributed by atoms with Crippen LogP contribution in [-0.4, -0.2) is 28.5 Å². The molecule has 2 aromatic carbocycles. The van der Waals surface area contributed by atoms with E-state index in [2.05, 4.69) is 5.32 Å². The van der Waals surface area contributed by atoms with Gasteiger partial charge in [-0.25, -0.2) is 8.42 Å². The van der Waals surface area contributed by atoms with Gasteiger partial charge in [0.2, 0.25) is 15.7 Å². The van der Waals surface area contributed by atoms with Crippen LogP contribution in [0.5, 0.6) is 11.5 Å². The molecule has 1 aliphatic rings. The van der Waals surface area contributed by atoms with Crippen LogP contribution >= 0.6 is 22.9 Å². The second-order valence-electron chi connectivity index (χ2n) is 6.68. The average Bonchev–Trinajstić information content (AvgIpc) is 3.17. The molecular formula is C21H18ClNO5S2. The molecule has 156 valence electrons. The van der Waals surface area contributed by atoms with Crippen molar-refractivity contribution in [2.75, 3.05) is 19.5 Å². The summed E-state index contributed by atoms with van der Waals surface area (Å²) >= 11 is 7.19. The zero-order chi connectivity index (χ0) is 21.5. The van der Waals surface area contributed by atoms with Crippen molar-refractivity contribution in [2.24, 2.45) is 0 Å². The van der Waals surface area contributed by atoms with Crippen molar-refractivity contribution >= 4 is 44.4 Å². The highest BCUT2D eigenvalue weighted by Crippen LogP contribution is 2.49. The van der Waals surface area contributed by atoms with Crippen LogP contribution in [0.15, 0.2) is 57.6 Å². The van der Waals surface area contributed by atoms with Crippen LogP contribution < -0.4 is 14.8 Å². The molecule has 0 saturated carbocycles. The van der Waals surface area contributed by atoms with E-state index in [1.54, 1.807) is 18.6 Å². The van der Waals surface area contributed by atoms with Gasteiger partial charge in [-0.2, -0.15) is 0 Å². The Balaban J connectivity index is 1.85. The zero-order valence-corrected chi connectivity index (χ0v) is 18.5. The number of sulfone groups is 1. The summed E-state index contributed by atoms with van der Waals surface area (Å²) in [6.07, 6.45) is 0.178. The summed E-state index contributed by atoms with van der Waals surface area (Å²) in [6.45, 7) is 0. The van der Waals surface area contributed by atoms with Crippen molar-refractivity contribution in [1.82, 2.24) is 0 Å². The number of nitrogens with one attached hydrogen (secondary N) is 1. The van der Waals surface area contributed by atoms with Gasteiger partial charge in [-0.05, 0) is 30.3 Å². The molecule has 1 aliphatic heterocycles. The van der Waals surface area contributed by atoms with Crippen molar-refractivity contribution in [1.29, 1.82) is 0 Å². The monoisotopic (exact) mass is 463 g/mol. The fourth-order valence-corrected chi connectivity index (χ4v) is 6.61. The molecule has 2 heterocycles.